The van der Waals surface area contributed by atoms with Crippen LogP contribution in [0.5, 0.6) is 0 Å². The van der Waals surface area contributed by atoms with Gasteiger partial charge in [0.2, 0.25) is 0 Å². The van der Waals surface area contributed by atoms with Crippen molar-refractivity contribution in [2.24, 2.45) is 0 Å². The molecule has 0 spiro atoms. The van der Waals surface area contributed by atoms with Gasteiger partial charge in [0.05, 0.1) is 6.42 Å². The molecule has 0 aliphatic carbocycles. The Bertz CT molecular complexity index is 305. The Balaban J connectivity index is 2.97. The molecule has 0 aliphatic rings. The summed E-state index contributed by atoms with van der Waals surface area (Å²) in [6.07, 6.45) is 0.0827. The average Bonchev–Trinajstić information content (AvgIpc) is 2.17. The lowest BCUT2D eigenvalue weighted by Gasteiger charge is -1.89. The first-order valence-electron chi connectivity index (χ1n) is 3.86. The molecule has 0 saturated heterocycles. The third-order valence-electron chi connectivity index (χ3n) is 1.35. The standard InChI is InChI=1S/C10H10O2S/c11-10(12)8-9-6-4-2-1-3-5-7-13-9/h1-7H,8H2,(H,11,12). The highest BCUT2D eigenvalue weighted by Crippen LogP contribution is 2.04. The van der Waals surface area contributed by atoms with E-state index in [1.54, 1.807) is 0 Å². The van der Waals surface area contributed by atoms with Gasteiger partial charge in [0.15, 0.2) is 0 Å². The van der Waals surface area contributed by atoms with Gasteiger partial charge in [-0.15, -0.1) is 11.3 Å². The van der Waals surface area contributed by atoms with E-state index in [4.69, 9.17) is 5.11 Å². The second-order valence-corrected chi connectivity index (χ2v) is 3.45. The summed E-state index contributed by atoms with van der Waals surface area (Å²) in [4.78, 5) is 11.3. The molecule has 1 heterocycles. The Morgan fingerprint density at radius 1 is 1.23 bits per heavy atom. The van der Waals surface area contributed by atoms with Crippen LogP contribution in [-0.4, -0.2) is 11.1 Å². The molecule has 0 saturated carbocycles. The van der Waals surface area contributed by atoms with Gasteiger partial charge in [0, 0.05) is 4.88 Å². The van der Waals surface area contributed by atoms with Gasteiger partial charge < -0.3 is 5.11 Å². The van der Waals surface area contributed by atoms with Crippen LogP contribution in [0.4, 0.5) is 0 Å². The fourth-order valence-corrected chi connectivity index (χ4v) is 1.52. The summed E-state index contributed by atoms with van der Waals surface area (Å²) in [6.45, 7) is 0. The van der Waals surface area contributed by atoms with Gasteiger partial charge in [0.25, 0.3) is 0 Å². The lowest BCUT2D eigenvalue weighted by Crippen LogP contribution is -1.97. The van der Waals surface area contributed by atoms with Gasteiger partial charge in [-0.25, -0.2) is 0 Å². The third kappa shape index (κ3) is 4.28. The van der Waals surface area contributed by atoms with Crippen LogP contribution < -0.4 is 0 Å². The minimum atomic E-state index is -0.798. The highest BCUT2D eigenvalue weighted by Gasteiger charge is 1.96. The quantitative estimate of drug-likeness (QED) is 0.785. The number of hydrogen-bond acceptors (Lipinski definition) is 2. The van der Waals surface area contributed by atoms with Crippen molar-refractivity contribution in [3.8, 4) is 0 Å². The number of carbonyl (C=O) groups is 1. The number of carboxylic acid groups (broad SMARTS) is 1. The van der Waals surface area contributed by atoms with Crippen LogP contribution in [0.3, 0.4) is 0 Å². The zero-order valence-corrected chi connectivity index (χ0v) is 7.83. The summed E-state index contributed by atoms with van der Waals surface area (Å²) in [6, 6.07) is 11.2. The average molecular weight is 194 g/mol. The molecule has 1 rings (SSSR count). The maximum atomic E-state index is 10.4. The number of rotatable bonds is 2. The minimum absolute atomic E-state index is 0.0827. The van der Waals surface area contributed by atoms with Gasteiger partial charge in [-0.2, -0.15) is 0 Å². The second-order valence-electron chi connectivity index (χ2n) is 2.42. The third-order valence-corrected chi connectivity index (χ3v) is 2.23. The van der Waals surface area contributed by atoms with E-state index >= 15 is 0 Å². The zero-order valence-electron chi connectivity index (χ0n) is 7.01. The molecule has 0 bridgehead atoms. The summed E-state index contributed by atoms with van der Waals surface area (Å²) in [7, 11) is 0. The molecule has 1 aromatic rings. The Kier molecular flexibility index (Phi) is 3.99. The molecular formula is C10H10O2S. The normalized spacial score (nSPS) is 8.92. The van der Waals surface area contributed by atoms with E-state index in [-0.39, 0.29) is 6.42 Å². The minimum Gasteiger partial charge on any atom is -0.481 e. The lowest BCUT2D eigenvalue weighted by atomic mass is 10.3. The van der Waals surface area contributed by atoms with Crippen molar-refractivity contribution in [1.82, 2.24) is 0 Å². The molecule has 68 valence electrons. The van der Waals surface area contributed by atoms with Gasteiger partial charge in [-0.05, 0) is 11.4 Å². The zero-order chi connectivity index (χ0) is 9.52. The maximum Gasteiger partial charge on any atom is 0.308 e. The largest absolute Gasteiger partial charge is 0.481 e. The molecule has 2 nitrogen and oxygen atoms in total. The molecule has 0 fully saturated rings. The van der Waals surface area contributed by atoms with Crippen molar-refractivity contribution >= 4 is 17.3 Å². The van der Waals surface area contributed by atoms with Crippen molar-refractivity contribution in [2.75, 3.05) is 0 Å². The van der Waals surface area contributed by atoms with Crippen LogP contribution in [0.2, 0.25) is 0 Å². The molecule has 13 heavy (non-hydrogen) atoms. The van der Waals surface area contributed by atoms with Crippen LogP contribution in [0.1, 0.15) is 4.88 Å². The maximum absolute atomic E-state index is 10.4. The van der Waals surface area contributed by atoms with E-state index in [9.17, 15) is 4.79 Å². The molecule has 0 amide bonds. The fraction of sp³-hybridized carbons (Fsp3) is 0.100. The van der Waals surface area contributed by atoms with E-state index in [0.29, 0.717) is 0 Å². The first-order valence-corrected chi connectivity index (χ1v) is 4.74. The molecule has 0 atom stereocenters. The molecule has 0 unspecified atom stereocenters. The monoisotopic (exact) mass is 194 g/mol. The topological polar surface area (TPSA) is 37.3 Å². The van der Waals surface area contributed by atoms with E-state index in [2.05, 4.69) is 0 Å². The summed E-state index contributed by atoms with van der Waals surface area (Å²) in [5, 5.41) is 10.5. The van der Waals surface area contributed by atoms with Gasteiger partial charge >= 0.3 is 5.97 Å². The van der Waals surface area contributed by atoms with E-state index in [0.717, 1.165) is 4.88 Å². The Morgan fingerprint density at radius 3 is 2.69 bits per heavy atom. The van der Waals surface area contributed by atoms with Crippen molar-refractivity contribution in [3.05, 3.63) is 46.7 Å². The van der Waals surface area contributed by atoms with Crippen LogP contribution in [0, 0.1) is 0 Å². The Labute approximate surface area is 80.8 Å². The summed E-state index contributed by atoms with van der Waals surface area (Å²) < 4.78 is 0. The lowest BCUT2D eigenvalue weighted by molar-refractivity contribution is -0.136. The summed E-state index contributed by atoms with van der Waals surface area (Å²) in [5.74, 6) is -0.798. The second kappa shape index (κ2) is 5.32. The predicted molar refractivity (Wildman–Crippen MR) is 53.3 cm³/mol. The van der Waals surface area contributed by atoms with Crippen molar-refractivity contribution < 1.29 is 9.90 Å². The molecule has 0 aromatic carbocycles. The molecule has 1 aromatic heterocycles. The highest BCUT2D eigenvalue weighted by molar-refractivity contribution is 7.09. The van der Waals surface area contributed by atoms with Crippen molar-refractivity contribution in [3.63, 3.8) is 0 Å². The fourth-order valence-electron chi connectivity index (χ4n) is 0.816. The van der Waals surface area contributed by atoms with Crippen molar-refractivity contribution in [1.29, 1.82) is 0 Å². The number of aliphatic carboxylic acids is 1. The van der Waals surface area contributed by atoms with Gasteiger partial charge in [-0.3, -0.25) is 4.79 Å². The van der Waals surface area contributed by atoms with Crippen LogP contribution in [-0.2, 0) is 11.2 Å². The molecule has 0 radical (unpaired) electrons. The Morgan fingerprint density at radius 2 is 1.92 bits per heavy atom. The molecular weight excluding hydrogens is 184 g/mol. The summed E-state index contributed by atoms with van der Waals surface area (Å²) in [5.41, 5.74) is 0. The van der Waals surface area contributed by atoms with E-state index < -0.39 is 5.97 Å². The van der Waals surface area contributed by atoms with Crippen LogP contribution >= 0.6 is 11.3 Å². The van der Waals surface area contributed by atoms with Crippen molar-refractivity contribution in [2.45, 2.75) is 6.42 Å². The summed E-state index contributed by atoms with van der Waals surface area (Å²) >= 11 is 1.44. The van der Waals surface area contributed by atoms with E-state index in [1.165, 1.54) is 11.3 Å². The Hall–Kier alpha value is -1.35. The SMILES string of the molecule is O=C(O)Cc1cccccccs1. The van der Waals surface area contributed by atoms with Crippen LogP contribution in [0.25, 0.3) is 0 Å². The number of carboxylic acids is 1. The first-order chi connectivity index (χ1) is 6.29. The first kappa shape index (κ1) is 9.74. The molecule has 1 N–H and O–H groups in total. The van der Waals surface area contributed by atoms with Crippen LogP contribution in [0.15, 0.2) is 41.8 Å². The molecule has 3 heteroatoms. The predicted octanol–water partition coefficient (Wildman–Crippen LogP) is 2.50. The number of hydrogen-bond donors (Lipinski definition) is 1. The van der Waals surface area contributed by atoms with E-state index in [1.807, 2.05) is 41.8 Å². The highest BCUT2D eigenvalue weighted by atomic mass is 32.1. The van der Waals surface area contributed by atoms with Gasteiger partial charge in [0.1, 0.15) is 0 Å². The smallest absolute Gasteiger partial charge is 0.308 e. The van der Waals surface area contributed by atoms with Gasteiger partial charge in [-0.1, -0.05) is 30.3 Å². The molecule has 0 aliphatic heterocycles.